The van der Waals surface area contributed by atoms with E-state index < -0.39 is 9.56 Å². The molecule has 1 aromatic rings. The number of fused-ring (bicyclic) bond motifs is 1. The average molecular weight is 273 g/mol. The number of alkyl halides is 1. The van der Waals surface area contributed by atoms with Gasteiger partial charge in [-0.25, -0.2) is 0 Å². The van der Waals surface area contributed by atoms with Crippen LogP contribution < -0.4 is 10.1 Å². The fourth-order valence-electron chi connectivity index (χ4n) is 1.29. The highest BCUT2D eigenvalue weighted by atomic mass is 79.9. The normalized spacial score (nSPS) is 22.5. The molecule has 1 unspecified atom stereocenters. The highest BCUT2D eigenvalue weighted by molar-refractivity contribution is 9.10. The van der Waals surface area contributed by atoms with Gasteiger partial charge in [0.05, 0.1) is 10.6 Å². The third-order valence-electron chi connectivity index (χ3n) is 1.90. The molecule has 1 aliphatic heterocycles. The number of carbonyl (C=O) groups is 1. The van der Waals surface area contributed by atoms with Crippen molar-refractivity contribution in [1.29, 1.82) is 0 Å². The van der Waals surface area contributed by atoms with Crippen LogP contribution in [0.25, 0.3) is 0 Å². The van der Waals surface area contributed by atoms with E-state index in [-0.39, 0.29) is 11.4 Å². The Kier molecular flexibility index (Phi) is 2.11. The van der Waals surface area contributed by atoms with Gasteiger partial charge in [-0.05, 0) is 22.0 Å². The van der Waals surface area contributed by atoms with Gasteiger partial charge in [-0.2, -0.15) is 0 Å². The third-order valence-corrected chi connectivity index (χ3v) is 2.45. The molecule has 0 bridgehead atoms. The summed E-state index contributed by atoms with van der Waals surface area (Å²) in [6.45, 7) is 0. The van der Waals surface area contributed by atoms with Gasteiger partial charge < -0.3 is 10.1 Å². The van der Waals surface area contributed by atoms with Gasteiger partial charge in [0.25, 0.3) is 4.63 Å². The van der Waals surface area contributed by atoms with E-state index in [9.17, 15) is 14.9 Å². The second-order valence-electron chi connectivity index (χ2n) is 2.90. The smallest absolute Gasteiger partial charge is 0.313 e. The number of nitro benzene ring substituents is 1. The monoisotopic (exact) mass is 272 g/mol. The molecule has 6 nitrogen and oxygen atoms in total. The van der Waals surface area contributed by atoms with Crippen LogP contribution in [0.2, 0.25) is 0 Å². The lowest BCUT2D eigenvalue weighted by atomic mass is 10.2. The zero-order valence-corrected chi connectivity index (χ0v) is 8.85. The number of hydrogen-bond acceptors (Lipinski definition) is 5. The quantitative estimate of drug-likeness (QED) is 0.291. The van der Waals surface area contributed by atoms with Crippen LogP contribution in [0.3, 0.4) is 0 Å². The summed E-state index contributed by atoms with van der Waals surface area (Å²) in [4.78, 5) is 20.8. The summed E-state index contributed by atoms with van der Waals surface area (Å²) in [6, 6.07) is 4.41. The largest absolute Gasteiger partial charge is 0.442 e. The number of hydrogen-bond donors (Lipinski definition) is 1. The van der Waals surface area contributed by atoms with Gasteiger partial charge in [0.15, 0.2) is 6.29 Å². The molecule has 0 saturated heterocycles. The molecule has 0 amide bonds. The maximum atomic E-state index is 10.7. The summed E-state index contributed by atoms with van der Waals surface area (Å²) >= 11 is 2.98. The third kappa shape index (κ3) is 1.54. The Balaban J connectivity index is 2.50. The number of carbonyl (C=O) groups excluding carboxylic acids is 1. The molecule has 0 radical (unpaired) electrons. The van der Waals surface area contributed by atoms with Crippen molar-refractivity contribution < 1.29 is 14.5 Å². The summed E-state index contributed by atoms with van der Waals surface area (Å²) in [5.74, 6) is 0.0616. The molecule has 78 valence electrons. The van der Waals surface area contributed by atoms with E-state index in [1.807, 2.05) is 0 Å². The minimum Gasteiger partial charge on any atom is -0.442 e. The minimum atomic E-state index is -1.40. The van der Waals surface area contributed by atoms with Crippen LogP contribution in [0, 0.1) is 10.1 Å². The molecule has 0 saturated carbocycles. The number of aldehydes is 1. The Bertz CT molecular complexity index is 450. The summed E-state index contributed by atoms with van der Waals surface area (Å²) in [5, 5.41) is 13.3. The second-order valence-corrected chi connectivity index (χ2v) is 4.08. The zero-order valence-electron chi connectivity index (χ0n) is 7.27. The van der Waals surface area contributed by atoms with E-state index in [2.05, 4.69) is 21.2 Å². The van der Waals surface area contributed by atoms with E-state index in [4.69, 9.17) is 4.74 Å². The van der Waals surface area contributed by atoms with Crippen molar-refractivity contribution in [3.8, 4) is 5.75 Å². The molecular formula is C8H5BrN2O4. The molecule has 1 aromatic carbocycles. The van der Waals surface area contributed by atoms with Crippen LogP contribution in [0.5, 0.6) is 5.75 Å². The standard InChI is InChI=1S/C8H5BrN2O4/c9-8(4-12)10-5-2-1-3-6(11(13)14)7(5)15-8/h1-4,10H. The van der Waals surface area contributed by atoms with Crippen molar-refractivity contribution in [3.05, 3.63) is 28.3 Å². The van der Waals surface area contributed by atoms with Gasteiger partial charge in [0, 0.05) is 6.07 Å². The van der Waals surface area contributed by atoms with Crippen LogP contribution in [0.1, 0.15) is 0 Å². The fourth-order valence-corrected chi connectivity index (χ4v) is 1.66. The molecule has 1 heterocycles. The first-order valence-electron chi connectivity index (χ1n) is 3.95. The van der Waals surface area contributed by atoms with Gasteiger partial charge in [0.1, 0.15) is 0 Å². The SMILES string of the molecule is O=CC1(Br)Nc2cccc([N+](=O)[O-])c2O1. The Morgan fingerprint density at radius 2 is 2.33 bits per heavy atom. The number of nitrogens with zero attached hydrogens (tertiary/aromatic N) is 1. The Morgan fingerprint density at radius 3 is 2.93 bits per heavy atom. The molecule has 0 aromatic heterocycles. The van der Waals surface area contributed by atoms with Crippen LogP contribution >= 0.6 is 15.9 Å². The van der Waals surface area contributed by atoms with E-state index in [1.165, 1.54) is 12.1 Å². The lowest BCUT2D eigenvalue weighted by Crippen LogP contribution is -2.34. The highest BCUT2D eigenvalue weighted by Crippen LogP contribution is 2.44. The Labute approximate surface area is 92.5 Å². The summed E-state index contributed by atoms with van der Waals surface area (Å²) in [5.41, 5.74) is 0.233. The molecule has 0 spiro atoms. The lowest BCUT2D eigenvalue weighted by Gasteiger charge is -2.13. The van der Waals surface area contributed by atoms with Gasteiger partial charge >= 0.3 is 5.69 Å². The Hall–Kier alpha value is -1.63. The van der Waals surface area contributed by atoms with E-state index in [1.54, 1.807) is 6.07 Å². The minimum absolute atomic E-state index is 0.0616. The number of halogens is 1. The number of para-hydroxylation sites is 1. The first-order chi connectivity index (χ1) is 7.06. The summed E-state index contributed by atoms with van der Waals surface area (Å²) in [6.07, 6.45) is 0.483. The number of nitrogens with one attached hydrogen (secondary N) is 1. The second kappa shape index (κ2) is 3.20. The van der Waals surface area contributed by atoms with Gasteiger partial charge in [0.2, 0.25) is 5.75 Å². The zero-order chi connectivity index (χ0) is 11.1. The predicted octanol–water partition coefficient (Wildman–Crippen LogP) is 1.65. The number of ether oxygens (including phenoxy) is 1. The van der Waals surface area contributed by atoms with Crippen LogP contribution in [-0.4, -0.2) is 15.8 Å². The lowest BCUT2D eigenvalue weighted by molar-refractivity contribution is -0.385. The number of rotatable bonds is 2. The number of nitro groups is 1. The molecule has 1 atom stereocenters. The molecular weight excluding hydrogens is 268 g/mol. The fraction of sp³-hybridized carbons (Fsp3) is 0.125. The molecule has 2 rings (SSSR count). The molecule has 0 fully saturated rings. The van der Waals surface area contributed by atoms with Crippen molar-refractivity contribution in [1.82, 2.24) is 0 Å². The maximum absolute atomic E-state index is 10.7. The number of anilines is 1. The molecule has 1 aliphatic rings. The van der Waals surface area contributed by atoms with Crippen LogP contribution in [0.15, 0.2) is 18.2 Å². The first-order valence-corrected chi connectivity index (χ1v) is 4.75. The Morgan fingerprint density at radius 1 is 1.60 bits per heavy atom. The van der Waals surface area contributed by atoms with Gasteiger partial charge in [-0.1, -0.05) is 6.07 Å². The van der Waals surface area contributed by atoms with Crippen molar-refractivity contribution in [2.45, 2.75) is 4.63 Å². The van der Waals surface area contributed by atoms with Crippen molar-refractivity contribution >= 4 is 33.6 Å². The van der Waals surface area contributed by atoms with Crippen molar-refractivity contribution in [3.63, 3.8) is 0 Å². The van der Waals surface area contributed by atoms with Crippen LogP contribution in [-0.2, 0) is 4.79 Å². The highest BCUT2D eigenvalue weighted by Gasteiger charge is 2.39. The molecule has 7 heteroatoms. The van der Waals surface area contributed by atoms with Crippen molar-refractivity contribution in [2.24, 2.45) is 0 Å². The predicted molar refractivity (Wildman–Crippen MR) is 55.1 cm³/mol. The van der Waals surface area contributed by atoms with Gasteiger partial charge in [-0.15, -0.1) is 0 Å². The van der Waals surface area contributed by atoms with E-state index in [0.717, 1.165) is 0 Å². The van der Waals surface area contributed by atoms with Crippen molar-refractivity contribution in [2.75, 3.05) is 5.32 Å². The first kappa shape index (κ1) is 9.91. The molecule has 0 aliphatic carbocycles. The van der Waals surface area contributed by atoms with Crippen LogP contribution in [0.4, 0.5) is 11.4 Å². The summed E-state index contributed by atoms with van der Waals surface area (Å²) in [7, 11) is 0. The molecule has 15 heavy (non-hydrogen) atoms. The topological polar surface area (TPSA) is 81.5 Å². The summed E-state index contributed by atoms with van der Waals surface area (Å²) < 4.78 is 3.73. The molecule has 1 N–H and O–H groups in total. The van der Waals surface area contributed by atoms with E-state index in [0.29, 0.717) is 12.0 Å². The maximum Gasteiger partial charge on any atom is 0.313 e. The average Bonchev–Trinajstić information content (AvgIpc) is 2.54. The van der Waals surface area contributed by atoms with E-state index >= 15 is 0 Å². The van der Waals surface area contributed by atoms with Gasteiger partial charge in [-0.3, -0.25) is 14.9 Å². The number of benzene rings is 1.